The van der Waals surface area contributed by atoms with E-state index in [1.807, 2.05) is 106 Å². The molecule has 1 heterocycles. The number of amides is 2. The van der Waals surface area contributed by atoms with Crippen LogP contribution >= 0.6 is 0 Å². The van der Waals surface area contributed by atoms with E-state index in [2.05, 4.69) is 0 Å². The van der Waals surface area contributed by atoms with Crippen LogP contribution in [0, 0.1) is 6.92 Å². The Morgan fingerprint density at radius 1 is 0.879 bits per heavy atom. The fraction of sp³-hybridized carbons (Fsp3) is 0.259. The Morgan fingerprint density at radius 3 is 2.06 bits per heavy atom. The average Bonchev–Trinajstić information content (AvgIpc) is 2.81. The number of hydrogen-bond acceptors (Lipinski definition) is 4. The lowest BCUT2D eigenvalue weighted by molar-refractivity contribution is -0.128. The molecule has 0 N–H and O–H groups in total. The molecule has 33 heavy (non-hydrogen) atoms. The van der Waals surface area contributed by atoms with Gasteiger partial charge >= 0.3 is 0 Å². The molecule has 0 bridgehead atoms. The van der Waals surface area contributed by atoms with Crippen LogP contribution in [-0.4, -0.2) is 39.1 Å². The van der Waals surface area contributed by atoms with Crippen LogP contribution in [-0.2, 0) is 9.59 Å². The van der Waals surface area contributed by atoms with Gasteiger partial charge in [0.25, 0.3) is 5.91 Å². The Hall–Kier alpha value is -3.80. The van der Waals surface area contributed by atoms with Gasteiger partial charge in [0.2, 0.25) is 5.91 Å². The molecule has 1 aliphatic rings. The lowest BCUT2D eigenvalue weighted by Crippen LogP contribution is -2.56. The number of ether oxygens (including phenoxy) is 1. The molecular formula is C27H29N3O3. The molecule has 1 fully saturated rings. The van der Waals surface area contributed by atoms with E-state index in [4.69, 9.17) is 4.74 Å². The van der Waals surface area contributed by atoms with Crippen molar-refractivity contribution in [3.63, 3.8) is 0 Å². The average molecular weight is 444 g/mol. The summed E-state index contributed by atoms with van der Waals surface area (Å²) < 4.78 is 5.54. The summed E-state index contributed by atoms with van der Waals surface area (Å²) in [4.78, 5) is 32.5. The molecule has 1 aliphatic heterocycles. The number of aryl methyl sites for hydroxylation is 1. The number of rotatable bonds is 6. The van der Waals surface area contributed by atoms with Gasteiger partial charge < -0.3 is 14.5 Å². The molecular weight excluding hydrogens is 414 g/mol. The number of benzene rings is 3. The van der Waals surface area contributed by atoms with Crippen molar-refractivity contribution in [2.75, 3.05) is 41.9 Å². The lowest BCUT2D eigenvalue weighted by Gasteiger charge is -2.40. The van der Waals surface area contributed by atoms with Crippen molar-refractivity contribution >= 4 is 28.9 Å². The standard InChI is InChI=1S/C27H29N3O3/c1-5-33-24-16-14-23(15-17-24)30-25(31)18-29(22-10-6-19(2)7-11-22)27(32)26(30)20-8-12-21(13-9-20)28(3)4/h6-17,26H,5,18H2,1-4H3/t26-/m0/s1. The van der Waals surface area contributed by atoms with Crippen LogP contribution in [0.4, 0.5) is 17.1 Å². The van der Waals surface area contributed by atoms with E-state index in [-0.39, 0.29) is 18.4 Å². The largest absolute Gasteiger partial charge is 0.494 e. The van der Waals surface area contributed by atoms with Crippen molar-refractivity contribution in [2.45, 2.75) is 19.9 Å². The number of piperazine rings is 1. The van der Waals surface area contributed by atoms with Gasteiger partial charge in [0, 0.05) is 31.2 Å². The summed E-state index contributed by atoms with van der Waals surface area (Å²) in [5, 5.41) is 0. The fourth-order valence-electron chi connectivity index (χ4n) is 4.04. The summed E-state index contributed by atoms with van der Waals surface area (Å²) in [6, 6.07) is 22.0. The van der Waals surface area contributed by atoms with Crippen LogP contribution in [0.25, 0.3) is 0 Å². The highest BCUT2D eigenvalue weighted by molar-refractivity contribution is 6.14. The molecule has 1 saturated heterocycles. The van der Waals surface area contributed by atoms with E-state index in [9.17, 15) is 9.59 Å². The van der Waals surface area contributed by atoms with Gasteiger partial charge in [0.1, 0.15) is 18.3 Å². The van der Waals surface area contributed by atoms with Crippen LogP contribution in [0.15, 0.2) is 72.8 Å². The normalized spacial score (nSPS) is 16.2. The smallest absolute Gasteiger partial charge is 0.255 e. The molecule has 170 valence electrons. The summed E-state index contributed by atoms with van der Waals surface area (Å²) in [6.07, 6.45) is 0. The van der Waals surface area contributed by atoms with Gasteiger partial charge in [-0.05, 0) is 67.9 Å². The zero-order valence-electron chi connectivity index (χ0n) is 19.5. The first-order valence-corrected chi connectivity index (χ1v) is 11.1. The summed E-state index contributed by atoms with van der Waals surface area (Å²) in [5.41, 5.74) is 4.28. The van der Waals surface area contributed by atoms with Crippen molar-refractivity contribution in [3.05, 3.63) is 83.9 Å². The monoisotopic (exact) mass is 443 g/mol. The van der Waals surface area contributed by atoms with E-state index in [1.54, 1.807) is 9.80 Å². The predicted octanol–water partition coefficient (Wildman–Crippen LogP) is 4.58. The molecule has 0 aliphatic carbocycles. The highest BCUT2D eigenvalue weighted by Gasteiger charge is 2.41. The second-order valence-corrected chi connectivity index (χ2v) is 8.34. The minimum atomic E-state index is -0.762. The molecule has 6 heteroatoms. The number of nitrogens with zero attached hydrogens (tertiary/aromatic N) is 3. The maximum atomic E-state index is 13.8. The Balaban J connectivity index is 1.76. The van der Waals surface area contributed by atoms with Crippen LogP contribution in [0.5, 0.6) is 5.75 Å². The number of carbonyl (C=O) groups excluding carboxylic acids is 2. The number of anilines is 3. The molecule has 0 aromatic heterocycles. The molecule has 3 aromatic carbocycles. The Labute approximate surface area is 195 Å². The van der Waals surface area contributed by atoms with E-state index in [1.165, 1.54) is 0 Å². The summed E-state index contributed by atoms with van der Waals surface area (Å²) in [5.74, 6) is 0.455. The number of carbonyl (C=O) groups is 2. The molecule has 6 nitrogen and oxygen atoms in total. The summed E-state index contributed by atoms with van der Waals surface area (Å²) in [7, 11) is 3.94. The molecule has 1 atom stereocenters. The summed E-state index contributed by atoms with van der Waals surface area (Å²) in [6.45, 7) is 4.47. The molecule has 4 rings (SSSR count). The van der Waals surface area contributed by atoms with E-state index in [0.29, 0.717) is 12.3 Å². The zero-order chi connectivity index (χ0) is 23.5. The zero-order valence-corrected chi connectivity index (χ0v) is 19.5. The maximum absolute atomic E-state index is 13.8. The van der Waals surface area contributed by atoms with Gasteiger partial charge in [-0.2, -0.15) is 0 Å². The van der Waals surface area contributed by atoms with Crippen LogP contribution in [0.1, 0.15) is 24.1 Å². The Bertz CT molecular complexity index is 1120. The molecule has 0 unspecified atom stereocenters. The van der Waals surface area contributed by atoms with Crippen molar-refractivity contribution in [1.82, 2.24) is 0 Å². The molecule has 0 spiro atoms. The maximum Gasteiger partial charge on any atom is 0.255 e. The second-order valence-electron chi connectivity index (χ2n) is 8.34. The predicted molar refractivity (Wildman–Crippen MR) is 132 cm³/mol. The SMILES string of the molecule is CCOc1ccc(N2C(=O)CN(c3ccc(C)cc3)C(=O)[C@@H]2c2ccc(N(C)C)cc2)cc1. The molecule has 0 radical (unpaired) electrons. The summed E-state index contributed by atoms with van der Waals surface area (Å²) >= 11 is 0. The third-order valence-electron chi connectivity index (χ3n) is 5.82. The third-order valence-corrected chi connectivity index (χ3v) is 5.82. The minimum Gasteiger partial charge on any atom is -0.494 e. The quantitative estimate of drug-likeness (QED) is 0.560. The van der Waals surface area contributed by atoms with Gasteiger partial charge in [0.05, 0.1) is 6.61 Å². The highest BCUT2D eigenvalue weighted by atomic mass is 16.5. The molecule has 2 amide bonds. The first kappa shape index (κ1) is 22.4. The highest BCUT2D eigenvalue weighted by Crippen LogP contribution is 2.35. The van der Waals surface area contributed by atoms with Gasteiger partial charge in [-0.25, -0.2) is 0 Å². The van der Waals surface area contributed by atoms with Crippen molar-refractivity contribution in [1.29, 1.82) is 0 Å². The Kier molecular flexibility index (Phi) is 6.36. The van der Waals surface area contributed by atoms with Gasteiger partial charge in [-0.15, -0.1) is 0 Å². The second kappa shape index (κ2) is 9.36. The van der Waals surface area contributed by atoms with Crippen LogP contribution in [0.3, 0.4) is 0 Å². The van der Waals surface area contributed by atoms with Gasteiger partial charge in [0.15, 0.2) is 0 Å². The van der Waals surface area contributed by atoms with E-state index >= 15 is 0 Å². The third kappa shape index (κ3) is 4.55. The van der Waals surface area contributed by atoms with Gasteiger partial charge in [-0.3, -0.25) is 14.5 Å². The minimum absolute atomic E-state index is 0.0125. The van der Waals surface area contributed by atoms with E-state index in [0.717, 1.165) is 28.3 Å². The van der Waals surface area contributed by atoms with Crippen LogP contribution < -0.4 is 19.4 Å². The first-order valence-electron chi connectivity index (χ1n) is 11.1. The van der Waals surface area contributed by atoms with Crippen molar-refractivity contribution < 1.29 is 14.3 Å². The fourth-order valence-corrected chi connectivity index (χ4v) is 4.04. The molecule has 0 saturated carbocycles. The number of hydrogen-bond donors (Lipinski definition) is 0. The van der Waals surface area contributed by atoms with Crippen molar-refractivity contribution in [3.8, 4) is 5.75 Å². The Morgan fingerprint density at radius 2 is 1.48 bits per heavy atom. The lowest BCUT2D eigenvalue weighted by atomic mass is 9.99. The van der Waals surface area contributed by atoms with Gasteiger partial charge in [-0.1, -0.05) is 29.8 Å². The van der Waals surface area contributed by atoms with Crippen molar-refractivity contribution in [2.24, 2.45) is 0 Å². The first-order chi connectivity index (χ1) is 15.9. The molecule has 3 aromatic rings. The topological polar surface area (TPSA) is 53.1 Å². The van der Waals surface area contributed by atoms with E-state index < -0.39 is 6.04 Å². The van der Waals surface area contributed by atoms with Crippen LogP contribution in [0.2, 0.25) is 0 Å².